The van der Waals surface area contributed by atoms with Crippen molar-refractivity contribution in [2.45, 2.75) is 70.6 Å². The van der Waals surface area contributed by atoms with Crippen molar-refractivity contribution in [3.63, 3.8) is 0 Å². The van der Waals surface area contributed by atoms with Crippen LogP contribution >= 0.6 is 12.4 Å². The van der Waals surface area contributed by atoms with E-state index in [0.29, 0.717) is 24.0 Å². The third kappa shape index (κ3) is 3.55. The molecule has 28 heavy (non-hydrogen) atoms. The highest BCUT2D eigenvalue weighted by molar-refractivity contribution is 5.96. The normalized spacial score (nSPS) is 24.2. The van der Waals surface area contributed by atoms with Gasteiger partial charge in [0.25, 0.3) is 5.91 Å². The van der Waals surface area contributed by atoms with Crippen molar-refractivity contribution in [1.29, 1.82) is 0 Å². The summed E-state index contributed by atoms with van der Waals surface area (Å²) >= 11 is 0. The molecule has 2 aromatic rings. The third-order valence-electron chi connectivity index (χ3n) is 6.28. The van der Waals surface area contributed by atoms with Crippen molar-refractivity contribution < 1.29 is 4.79 Å². The van der Waals surface area contributed by atoms with Gasteiger partial charge in [0, 0.05) is 24.7 Å². The lowest BCUT2D eigenvalue weighted by Crippen LogP contribution is -2.49. The molecule has 2 aliphatic rings. The predicted molar refractivity (Wildman–Crippen MR) is 113 cm³/mol. The van der Waals surface area contributed by atoms with Gasteiger partial charge in [0.05, 0.1) is 10.9 Å². The van der Waals surface area contributed by atoms with Crippen molar-refractivity contribution in [3.8, 4) is 0 Å². The molecular formula is C21H29ClN4O2. The maximum absolute atomic E-state index is 13.0. The maximum Gasteiger partial charge on any atom is 0.276 e. The van der Waals surface area contributed by atoms with Crippen LogP contribution in [0.4, 0.5) is 0 Å². The van der Waals surface area contributed by atoms with E-state index in [2.05, 4.69) is 29.3 Å². The van der Waals surface area contributed by atoms with Gasteiger partial charge in [0.1, 0.15) is 0 Å². The summed E-state index contributed by atoms with van der Waals surface area (Å²) in [7, 11) is 2.18. The minimum atomic E-state index is -0.330. The molecule has 0 aliphatic carbocycles. The Hall–Kier alpha value is -1.92. The van der Waals surface area contributed by atoms with E-state index in [4.69, 9.17) is 0 Å². The number of nitrogens with one attached hydrogen (secondary N) is 1. The molecular weight excluding hydrogens is 376 g/mol. The number of hydrogen-bond acceptors (Lipinski definition) is 4. The first-order valence-electron chi connectivity index (χ1n) is 10.0. The largest absolute Gasteiger partial charge is 0.348 e. The number of rotatable bonds is 4. The van der Waals surface area contributed by atoms with E-state index < -0.39 is 0 Å². The molecule has 6 nitrogen and oxygen atoms in total. The molecule has 2 fully saturated rings. The first-order chi connectivity index (χ1) is 13.0. The summed E-state index contributed by atoms with van der Waals surface area (Å²) in [6, 6.07) is 6.95. The van der Waals surface area contributed by atoms with Crippen LogP contribution < -0.4 is 10.7 Å². The fourth-order valence-corrected chi connectivity index (χ4v) is 4.82. The van der Waals surface area contributed by atoms with Crippen LogP contribution in [0.1, 0.15) is 55.1 Å². The highest BCUT2D eigenvalue weighted by atomic mass is 35.5. The molecule has 0 radical (unpaired) electrons. The highest BCUT2D eigenvalue weighted by Gasteiger charge is 2.39. The van der Waals surface area contributed by atoms with E-state index in [1.54, 1.807) is 4.68 Å². The third-order valence-corrected chi connectivity index (χ3v) is 6.28. The number of nitrogens with zero attached hydrogens (tertiary/aromatic N) is 3. The zero-order valence-electron chi connectivity index (χ0n) is 16.8. The fraction of sp³-hybridized carbons (Fsp3) is 0.571. The van der Waals surface area contributed by atoms with Crippen LogP contribution in [0.3, 0.4) is 0 Å². The Balaban J connectivity index is 0.00000225. The molecule has 1 N–H and O–H groups in total. The fourth-order valence-electron chi connectivity index (χ4n) is 4.82. The average molecular weight is 405 g/mol. The molecule has 2 bridgehead atoms. The Morgan fingerprint density at radius 1 is 1.25 bits per heavy atom. The lowest BCUT2D eigenvalue weighted by atomic mass is 9.98. The number of benzene rings is 1. The van der Waals surface area contributed by atoms with Crippen LogP contribution in [0.25, 0.3) is 10.9 Å². The Bertz CT molecular complexity index is 928. The quantitative estimate of drug-likeness (QED) is 0.850. The molecule has 0 saturated carbocycles. The van der Waals surface area contributed by atoms with Gasteiger partial charge in [-0.15, -0.1) is 12.4 Å². The van der Waals surface area contributed by atoms with Crippen molar-refractivity contribution in [2.24, 2.45) is 0 Å². The van der Waals surface area contributed by atoms with Gasteiger partial charge >= 0.3 is 0 Å². The number of amides is 1. The second-order valence-corrected chi connectivity index (χ2v) is 8.06. The number of aryl methyl sites for hydroxylation is 2. The Labute approximate surface area is 171 Å². The molecule has 7 heteroatoms. The molecule has 2 unspecified atom stereocenters. The summed E-state index contributed by atoms with van der Waals surface area (Å²) in [5, 5.41) is 8.16. The smallest absolute Gasteiger partial charge is 0.276 e. The molecule has 1 aromatic carbocycles. The SMILES string of the molecule is CCCn1nc(C(=O)NC2CC3CCC(C2)N3C)c(=O)c2c(C)cccc21.Cl. The topological polar surface area (TPSA) is 67.2 Å². The maximum atomic E-state index is 13.0. The minimum Gasteiger partial charge on any atom is -0.348 e. The molecule has 1 aromatic heterocycles. The lowest BCUT2D eigenvalue weighted by molar-refractivity contribution is 0.0874. The van der Waals surface area contributed by atoms with Gasteiger partial charge in [-0.1, -0.05) is 19.1 Å². The van der Waals surface area contributed by atoms with Gasteiger partial charge in [0.2, 0.25) is 5.43 Å². The van der Waals surface area contributed by atoms with Gasteiger partial charge < -0.3 is 10.2 Å². The Morgan fingerprint density at radius 3 is 2.57 bits per heavy atom. The minimum absolute atomic E-state index is 0. The highest BCUT2D eigenvalue weighted by Crippen LogP contribution is 2.34. The van der Waals surface area contributed by atoms with E-state index in [-0.39, 0.29) is 35.5 Å². The summed E-state index contributed by atoms with van der Waals surface area (Å²) in [5.74, 6) is -0.330. The van der Waals surface area contributed by atoms with Gasteiger partial charge in [-0.3, -0.25) is 14.3 Å². The average Bonchev–Trinajstić information content (AvgIpc) is 2.85. The van der Waals surface area contributed by atoms with Crippen LogP contribution in [0, 0.1) is 6.92 Å². The zero-order chi connectivity index (χ0) is 19.1. The monoisotopic (exact) mass is 404 g/mol. The first-order valence-corrected chi connectivity index (χ1v) is 10.0. The first kappa shape index (κ1) is 20.8. The number of halogens is 1. The lowest BCUT2D eigenvalue weighted by Gasteiger charge is -2.36. The molecule has 3 heterocycles. The van der Waals surface area contributed by atoms with Crippen LogP contribution in [-0.2, 0) is 6.54 Å². The second-order valence-electron chi connectivity index (χ2n) is 8.06. The van der Waals surface area contributed by atoms with E-state index in [1.165, 1.54) is 12.8 Å². The predicted octanol–water partition coefficient (Wildman–Crippen LogP) is 2.89. The van der Waals surface area contributed by atoms with E-state index in [0.717, 1.165) is 30.3 Å². The van der Waals surface area contributed by atoms with E-state index in [1.807, 2.05) is 25.1 Å². The summed E-state index contributed by atoms with van der Waals surface area (Å²) in [4.78, 5) is 28.4. The molecule has 2 saturated heterocycles. The van der Waals surface area contributed by atoms with Crippen LogP contribution in [0.5, 0.6) is 0 Å². The summed E-state index contributed by atoms with van der Waals surface area (Å²) in [5.41, 5.74) is 1.45. The number of carbonyl (C=O) groups excluding carboxylic acids is 1. The number of piperidine rings is 1. The summed E-state index contributed by atoms with van der Waals surface area (Å²) in [6.07, 6.45) is 5.19. The van der Waals surface area contributed by atoms with E-state index in [9.17, 15) is 9.59 Å². The molecule has 2 aliphatic heterocycles. The molecule has 4 rings (SSSR count). The van der Waals surface area contributed by atoms with Gasteiger partial charge in [-0.05, 0) is 57.7 Å². The summed E-state index contributed by atoms with van der Waals surface area (Å²) < 4.78 is 1.80. The zero-order valence-corrected chi connectivity index (χ0v) is 17.6. The molecule has 0 spiro atoms. The second kappa shape index (κ2) is 8.21. The molecule has 2 atom stereocenters. The summed E-state index contributed by atoms with van der Waals surface area (Å²) in [6.45, 7) is 4.66. The van der Waals surface area contributed by atoms with Crippen molar-refractivity contribution in [2.75, 3.05) is 7.05 Å². The Kier molecular flexibility index (Phi) is 6.10. The number of hydrogen-bond donors (Lipinski definition) is 1. The van der Waals surface area contributed by atoms with Crippen LogP contribution in [-0.4, -0.2) is 45.8 Å². The van der Waals surface area contributed by atoms with Crippen LogP contribution in [0.15, 0.2) is 23.0 Å². The standard InChI is InChI=1S/C21H28N4O2.ClH/c1-4-10-25-17-7-5-6-13(2)18(17)20(26)19(23-25)21(27)22-14-11-15-8-9-16(12-14)24(15)3;/h5-7,14-16H,4,8-12H2,1-3H3,(H,22,27);1H. The van der Waals surface area contributed by atoms with Crippen LogP contribution in [0.2, 0.25) is 0 Å². The number of carbonyl (C=O) groups is 1. The number of aromatic nitrogens is 2. The Morgan fingerprint density at radius 2 is 1.93 bits per heavy atom. The van der Waals surface area contributed by atoms with Crippen molar-refractivity contribution in [1.82, 2.24) is 20.0 Å². The van der Waals surface area contributed by atoms with Gasteiger partial charge in [0.15, 0.2) is 5.69 Å². The van der Waals surface area contributed by atoms with Gasteiger partial charge in [-0.2, -0.15) is 5.10 Å². The van der Waals surface area contributed by atoms with Crippen molar-refractivity contribution >= 4 is 29.2 Å². The van der Waals surface area contributed by atoms with E-state index >= 15 is 0 Å². The number of fused-ring (bicyclic) bond motifs is 3. The van der Waals surface area contributed by atoms with Crippen molar-refractivity contribution in [3.05, 3.63) is 39.7 Å². The van der Waals surface area contributed by atoms with Gasteiger partial charge in [-0.25, -0.2) is 0 Å². The molecule has 152 valence electrons. The molecule has 1 amide bonds.